The molecule has 4 rings (SSSR count). The second kappa shape index (κ2) is 8.92. The van der Waals surface area contributed by atoms with Gasteiger partial charge in [0, 0.05) is 11.6 Å². The van der Waals surface area contributed by atoms with Crippen LogP contribution >= 0.6 is 0 Å². The molecule has 0 bridgehead atoms. The molecule has 160 valence electrons. The van der Waals surface area contributed by atoms with Gasteiger partial charge in [0.25, 0.3) is 0 Å². The Bertz CT molecular complexity index is 1280. The molecule has 11 heteroatoms. The van der Waals surface area contributed by atoms with E-state index in [1.54, 1.807) is 36.4 Å². The number of carbonyl (C=O) groups is 1. The minimum Gasteiger partial charge on any atom is -0.496 e. The maximum atomic E-state index is 13.1. The summed E-state index contributed by atoms with van der Waals surface area (Å²) in [5, 5.41) is 23.0. The first-order chi connectivity index (χ1) is 15.6. The molecule has 0 N–H and O–H groups in total. The van der Waals surface area contributed by atoms with Gasteiger partial charge in [-0.15, -0.1) is 5.10 Å². The molecule has 0 spiro atoms. The van der Waals surface area contributed by atoms with Crippen molar-refractivity contribution >= 4 is 23.4 Å². The number of tetrazole rings is 1. The minimum atomic E-state index is -0.931. The van der Waals surface area contributed by atoms with Gasteiger partial charge < -0.3 is 13.9 Å². The van der Waals surface area contributed by atoms with E-state index >= 15 is 0 Å². The lowest BCUT2D eigenvalue weighted by Gasteiger charge is -2.10. The molecule has 32 heavy (non-hydrogen) atoms. The molecular weight excluding hydrogens is 418 g/mol. The van der Waals surface area contributed by atoms with Gasteiger partial charge in [0.05, 0.1) is 24.4 Å². The number of carbonyl (C=O) groups excluding carboxylic acids is 1. The van der Waals surface area contributed by atoms with Gasteiger partial charge in [0.1, 0.15) is 11.5 Å². The smallest absolute Gasteiger partial charge is 0.362 e. The van der Waals surface area contributed by atoms with Crippen LogP contribution in [0.25, 0.3) is 23.2 Å². The number of hydrogen-bond acceptors (Lipinski definition) is 9. The molecule has 0 aliphatic rings. The Morgan fingerprint density at radius 2 is 1.97 bits per heavy atom. The molecule has 0 amide bonds. The topological polar surface area (TPSA) is 135 Å². The maximum Gasteiger partial charge on any atom is 0.362 e. The molecule has 0 radical (unpaired) electrons. The Balaban J connectivity index is 1.77. The van der Waals surface area contributed by atoms with E-state index in [4.69, 9.17) is 13.9 Å². The predicted molar refractivity (Wildman–Crippen MR) is 111 cm³/mol. The minimum absolute atomic E-state index is 0.117. The first-order valence-electron chi connectivity index (χ1n) is 9.21. The lowest BCUT2D eigenvalue weighted by atomic mass is 10.2. The number of furan rings is 1. The highest BCUT2D eigenvalue weighted by Crippen LogP contribution is 2.32. The number of aromatic nitrogens is 4. The van der Waals surface area contributed by atoms with Crippen molar-refractivity contribution in [3.63, 3.8) is 0 Å². The van der Waals surface area contributed by atoms with Gasteiger partial charge in [-0.2, -0.15) is 4.68 Å². The van der Waals surface area contributed by atoms with Crippen molar-refractivity contribution < 1.29 is 23.6 Å². The third kappa shape index (κ3) is 4.21. The standard InChI is InChI=1S/C21H15N5O6/c1-30-15-9-10-19(17(12-15)26(28)29)32-21(27)18(13-16-8-5-11-31-16)25-20(22-23-24-25)14-6-3-2-4-7-14/h2-13H,1H3/b18-13-. The van der Waals surface area contributed by atoms with Gasteiger partial charge in [-0.3, -0.25) is 10.1 Å². The Morgan fingerprint density at radius 1 is 1.16 bits per heavy atom. The molecule has 0 saturated heterocycles. The summed E-state index contributed by atoms with van der Waals surface area (Å²) in [6.07, 6.45) is 2.81. The Morgan fingerprint density at radius 3 is 2.66 bits per heavy atom. The fraction of sp³-hybridized carbons (Fsp3) is 0.0476. The zero-order valence-electron chi connectivity index (χ0n) is 16.6. The second-order valence-electron chi connectivity index (χ2n) is 6.31. The van der Waals surface area contributed by atoms with Gasteiger partial charge in [-0.05, 0) is 34.7 Å². The summed E-state index contributed by atoms with van der Waals surface area (Å²) in [4.78, 5) is 23.9. The second-order valence-corrected chi connectivity index (χ2v) is 6.31. The molecule has 0 atom stereocenters. The zero-order valence-corrected chi connectivity index (χ0v) is 16.6. The van der Waals surface area contributed by atoms with Crippen LogP contribution in [0.15, 0.2) is 71.3 Å². The lowest BCUT2D eigenvalue weighted by molar-refractivity contribution is -0.385. The summed E-state index contributed by atoms with van der Waals surface area (Å²) >= 11 is 0. The van der Waals surface area contributed by atoms with E-state index < -0.39 is 16.6 Å². The summed E-state index contributed by atoms with van der Waals surface area (Å²) < 4.78 is 16.9. The van der Waals surface area contributed by atoms with Crippen LogP contribution in [0.1, 0.15) is 5.76 Å². The van der Waals surface area contributed by atoms with E-state index in [0.29, 0.717) is 11.3 Å². The lowest BCUT2D eigenvalue weighted by Crippen LogP contribution is -2.17. The Hall–Kier alpha value is -4.80. The Kier molecular flexibility index (Phi) is 5.70. The third-order valence-electron chi connectivity index (χ3n) is 4.33. The normalized spacial score (nSPS) is 11.2. The fourth-order valence-corrected chi connectivity index (χ4v) is 2.84. The van der Waals surface area contributed by atoms with Crippen molar-refractivity contribution in [2.75, 3.05) is 7.11 Å². The van der Waals surface area contributed by atoms with E-state index in [1.807, 2.05) is 6.07 Å². The van der Waals surface area contributed by atoms with Crippen molar-refractivity contribution in [2.24, 2.45) is 0 Å². The number of nitro groups is 1. The number of rotatable bonds is 7. The van der Waals surface area contributed by atoms with Crippen LogP contribution in [-0.4, -0.2) is 38.2 Å². The molecule has 4 aromatic rings. The Labute approximate surface area is 180 Å². The molecule has 0 saturated carbocycles. The van der Waals surface area contributed by atoms with Crippen LogP contribution < -0.4 is 9.47 Å². The number of nitro benzene ring substituents is 1. The van der Waals surface area contributed by atoms with Gasteiger partial charge in [-0.1, -0.05) is 30.3 Å². The molecule has 11 nitrogen and oxygen atoms in total. The molecule has 2 heterocycles. The number of esters is 1. The molecule has 0 unspecified atom stereocenters. The largest absolute Gasteiger partial charge is 0.496 e. The van der Waals surface area contributed by atoms with Crippen LogP contribution in [0, 0.1) is 10.1 Å². The molecule has 2 aromatic carbocycles. The van der Waals surface area contributed by atoms with Crippen molar-refractivity contribution in [1.82, 2.24) is 20.2 Å². The summed E-state index contributed by atoms with van der Waals surface area (Å²) in [5.41, 5.74) is 0.0926. The van der Waals surface area contributed by atoms with Crippen molar-refractivity contribution in [1.29, 1.82) is 0 Å². The van der Waals surface area contributed by atoms with Gasteiger partial charge in [0.2, 0.25) is 5.75 Å². The molecule has 0 aliphatic carbocycles. The van der Waals surface area contributed by atoms with Gasteiger partial charge >= 0.3 is 11.7 Å². The number of ether oxygens (including phenoxy) is 2. The van der Waals surface area contributed by atoms with Crippen LogP contribution in [0.5, 0.6) is 11.5 Å². The number of benzene rings is 2. The predicted octanol–water partition coefficient (Wildman–Crippen LogP) is 3.45. The summed E-state index contributed by atoms with van der Waals surface area (Å²) in [6.45, 7) is 0. The highest BCUT2D eigenvalue weighted by atomic mass is 16.6. The molecule has 2 aromatic heterocycles. The third-order valence-corrected chi connectivity index (χ3v) is 4.33. The van der Waals surface area contributed by atoms with Crippen LogP contribution in [0.4, 0.5) is 5.69 Å². The van der Waals surface area contributed by atoms with Crippen LogP contribution in [-0.2, 0) is 4.79 Å². The molecule has 0 aliphatic heterocycles. The van der Waals surface area contributed by atoms with E-state index in [9.17, 15) is 14.9 Å². The number of hydrogen-bond donors (Lipinski definition) is 0. The van der Waals surface area contributed by atoms with Crippen molar-refractivity contribution in [2.45, 2.75) is 0 Å². The maximum absolute atomic E-state index is 13.1. The fourth-order valence-electron chi connectivity index (χ4n) is 2.84. The van der Waals surface area contributed by atoms with Gasteiger partial charge in [0.15, 0.2) is 11.5 Å². The van der Waals surface area contributed by atoms with Crippen molar-refractivity contribution in [3.8, 4) is 22.9 Å². The number of nitrogens with zero attached hydrogens (tertiary/aromatic N) is 5. The van der Waals surface area contributed by atoms with Crippen LogP contribution in [0.3, 0.4) is 0 Å². The average molecular weight is 433 g/mol. The monoisotopic (exact) mass is 433 g/mol. The van der Waals surface area contributed by atoms with E-state index in [1.165, 1.54) is 36.3 Å². The summed E-state index contributed by atoms with van der Waals surface area (Å²) in [6, 6.07) is 16.1. The summed E-state index contributed by atoms with van der Waals surface area (Å²) in [5.74, 6) is -0.352. The van der Waals surface area contributed by atoms with Gasteiger partial charge in [-0.25, -0.2) is 4.79 Å². The highest BCUT2D eigenvalue weighted by molar-refractivity contribution is 6.16. The SMILES string of the molecule is COc1ccc(OC(=O)/C(=C/c2ccco2)n2nnnc2-c2ccccc2)c([N+](=O)[O-])c1. The first-order valence-corrected chi connectivity index (χ1v) is 9.21. The van der Waals surface area contributed by atoms with E-state index in [-0.39, 0.29) is 23.0 Å². The first kappa shape index (κ1) is 20.5. The molecule has 0 fully saturated rings. The zero-order chi connectivity index (χ0) is 22.5. The quantitative estimate of drug-likeness (QED) is 0.141. The highest BCUT2D eigenvalue weighted by Gasteiger charge is 2.25. The number of methoxy groups -OCH3 is 1. The summed E-state index contributed by atoms with van der Waals surface area (Å²) in [7, 11) is 1.37. The average Bonchev–Trinajstić information content (AvgIpc) is 3.50. The molecular formula is C21H15N5O6. The van der Waals surface area contributed by atoms with E-state index in [2.05, 4.69) is 15.5 Å². The van der Waals surface area contributed by atoms with E-state index in [0.717, 1.165) is 6.07 Å². The van der Waals surface area contributed by atoms with Crippen LogP contribution in [0.2, 0.25) is 0 Å². The van der Waals surface area contributed by atoms with Crippen molar-refractivity contribution in [3.05, 3.63) is 82.8 Å².